The number of rotatable bonds is 2. The van der Waals surface area contributed by atoms with Crippen LogP contribution in [0, 0.1) is 0 Å². The fourth-order valence-corrected chi connectivity index (χ4v) is 0.951. The van der Waals surface area contributed by atoms with Gasteiger partial charge in [0.1, 0.15) is 11.5 Å². The van der Waals surface area contributed by atoms with Gasteiger partial charge in [0.2, 0.25) is 0 Å². The van der Waals surface area contributed by atoms with Gasteiger partial charge in [-0.3, -0.25) is 9.97 Å². The number of aromatic nitrogens is 2. The summed E-state index contributed by atoms with van der Waals surface area (Å²) in [5.74, 6) is 1.44. The number of halogens is 2. The van der Waals surface area contributed by atoms with E-state index < -0.39 is 0 Å². The average Bonchev–Trinajstić information content (AvgIpc) is 2.21. The summed E-state index contributed by atoms with van der Waals surface area (Å²) in [7, 11) is 0. The summed E-state index contributed by atoms with van der Waals surface area (Å²) >= 11 is 0. The number of ether oxygens (including phenoxy) is 1. The maximum atomic E-state index is 5.45. The van der Waals surface area contributed by atoms with Crippen LogP contribution in [0.3, 0.4) is 0 Å². The van der Waals surface area contributed by atoms with E-state index in [9.17, 15) is 0 Å². The molecule has 0 aliphatic carbocycles. The van der Waals surface area contributed by atoms with Gasteiger partial charge < -0.3 is 4.74 Å². The monoisotopic (exact) mass is 244 g/mol. The second-order valence-corrected chi connectivity index (χ2v) is 2.48. The summed E-state index contributed by atoms with van der Waals surface area (Å²) in [4.78, 5) is 7.87. The van der Waals surface area contributed by atoms with Gasteiger partial charge in [-0.2, -0.15) is 0 Å². The molecule has 0 aliphatic heterocycles. The molecule has 2 heterocycles. The van der Waals surface area contributed by atoms with Gasteiger partial charge in [-0.25, -0.2) is 0 Å². The molecule has 3 nitrogen and oxygen atoms in total. The molecule has 0 aromatic carbocycles. The van der Waals surface area contributed by atoms with E-state index in [1.807, 2.05) is 24.3 Å². The third-order valence-electron chi connectivity index (χ3n) is 1.50. The van der Waals surface area contributed by atoms with E-state index in [1.165, 1.54) is 0 Å². The minimum absolute atomic E-state index is 0. The highest BCUT2D eigenvalue weighted by Crippen LogP contribution is 2.17. The summed E-state index contributed by atoms with van der Waals surface area (Å²) in [5, 5.41) is 0. The highest BCUT2D eigenvalue weighted by atomic mass is 35.5. The molecule has 15 heavy (non-hydrogen) atoms. The van der Waals surface area contributed by atoms with Crippen molar-refractivity contribution in [3.63, 3.8) is 0 Å². The largest absolute Gasteiger partial charge is 0.454 e. The van der Waals surface area contributed by atoms with Gasteiger partial charge >= 0.3 is 0 Å². The zero-order chi connectivity index (χ0) is 8.93. The van der Waals surface area contributed by atoms with Crippen molar-refractivity contribution < 1.29 is 4.74 Å². The highest BCUT2D eigenvalue weighted by Gasteiger charge is 1.94. The van der Waals surface area contributed by atoms with Gasteiger partial charge in [-0.05, 0) is 24.3 Å². The number of pyridine rings is 2. The van der Waals surface area contributed by atoms with Gasteiger partial charge in [-0.15, -0.1) is 24.8 Å². The first kappa shape index (κ1) is 13.7. The van der Waals surface area contributed by atoms with E-state index in [4.69, 9.17) is 4.74 Å². The molecule has 80 valence electrons. The molecule has 0 saturated carbocycles. The molecule has 0 amide bonds. The van der Waals surface area contributed by atoms with Crippen LogP contribution in [0.1, 0.15) is 0 Å². The van der Waals surface area contributed by atoms with Crippen LogP contribution >= 0.6 is 24.8 Å². The summed E-state index contributed by atoms with van der Waals surface area (Å²) in [5.41, 5.74) is 0. The Kier molecular flexibility index (Phi) is 6.42. The molecule has 0 radical (unpaired) electrons. The van der Waals surface area contributed by atoms with Crippen LogP contribution < -0.4 is 4.74 Å². The minimum Gasteiger partial charge on any atom is -0.454 e. The second kappa shape index (κ2) is 7.04. The first-order valence-corrected chi connectivity index (χ1v) is 3.93. The lowest BCUT2D eigenvalue weighted by Gasteiger charge is -2.02. The van der Waals surface area contributed by atoms with Crippen LogP contribution in [-0.4, -0.2) is 9.97 Å². The molecule has 0 aliphatic rings. The standard InChI is InChI=1S/C10H8N2O.2ClH/c1-3-9(7-11-5-1)13-10-4-2-6-12-8-10;;/h1-8H;2*1H. The highest BCUT2D eigenvalue weighted by molar-refractivity contribution is 5.85. The van der Waals surface area contributed by atoms with E-state index in [-0.39, 0.29) is 24.8 Å². The lowest BCUT2D eigenvalue weighted by Crippen LogP contribution is -1.84. The topological polar surface area (TPSA) is 35.0 Å². The molecule has 0 bridgehead atoms. The van der Waals surface area contributed by atoms with Crippen LogP contribution in [0.2, 0.25) is 0 Å². The second-order valence-electron chi connectivity index (χ2n) is 2.48. The van der Waals surface area contributed by atoms with Crippen molar-refractivity contribution in [1.29, 1.82) is 0 Å². The maximum Gasteiger partial charge on any atom is 0.145 e. The van der Waals surface area contributed by atoms with Gasteiger partial charge in [0, 0.05) is 12.4 Å². The zero-order valence-electron chi connectivity index (χ0n) is 7.74. The van der Waals surface area contributed by atoms with E-state index in [0.29, 0.717) is 0 Å². The molecule has 0 saturated heterocycles. The van der Waals surface area contributed by atoms with E-state index in [2.05, 4.69) is 9.97 Å². The number of nitrogens with zero attached hydrogens (tertiary/aromatic N) is 2. The molecule has 0 unspecified atom stereocenters. The van der Waals surface area contributed by atoms with Crippen LogP contribution in [0.4, 0.5) is 0 Å². The maximum absolute atomic E-state index is 5.45. The Bertz CT molecular complexity index is 332. The van der Waals surface area contributed by atoms with Crippen LogP contribution in [0.15, 0.2) is 49.1 Å². The minimum atomic E-state index is 0. The first-order chi connectivity index (χ1) is 6.45. The molecule has 0 atom stereocenters. The van der Waals surface area contributed by atoms with Crippen molar-refractivity contribution in [3.8, 4) is 11.5 Å². The fourth-order valence-electron chi connectivity index (χ4n) is 0.951. The van der Waals surface area contributed by atoms with Gasteiger partial charge in [0.15, 0.2) is 0 Å². The molecule has 5 heteroatoms. The third-order valence-corrected chi connectivity index (χ3v) is 1.50. The quantitative estimate of drug-likeness (QED) is 0.815. The smallest absolute Gasteiger partial charge is 0.145 e. The van der Waals surface area contributed by atoms with Crippen molar-refractivity contribution in [2.24, 2.45) is 0 Å². The predicted molar refractivity (Wildman–Crippen MR) is 63.0 cm³/mol. The van der Waals surface area contributed by atoms with Crippen LogP contribution in [0.5, 0.6) is 11.5 Å². The molecule has 0 fully saturated rings. The molecule has 2 aromatic rings. The van der Waals surface area contributed by atoms with E-state index in [1.54, 1.807) is 24.8 Å². The first-order valence-electron chi connectivity index (χ1n) is 3.93. The molecule has 2 rings (SSSR count). The SMILES string of the molecule is Cl.Cl.c1cncc(Oc2cccnc2)c1. The predicted octanol–water partition coefficient (Wildman–Crippen LogP) is 3.11. The summed E-state index contributed by atoms with van der Waals surface area (Å²) in [6.45, 7) is 0. The number of hydrogen-bond donors (Lipinski definition) is 0. The lowest BCUT2D eigenvalue weighted by atomic mass is 10.4. The van der Waals surface area contributed by atoms with E-state index in [0.717, 1.165) is 11.5 Å². The Morgan fingerprint density at radius 2 is 1.27 bits per heavy atom. The van der Waals surface area contributed by atoms with Crippen molar-refractivity contribution >= 4 is 24.8 Å². The van der Waals surface area contributed by atoms with Gasteiger partial charge in [0.05, 0.1) is 12.4 Å². The average molecular weight is 245 g/mol. The van der Waals surface area contributed by atoms with Gasteiger partial charge in [-0.1, -0.05) is 0 Å². The Balaban J connectivity index is 0.000000980. The van der Waals surface area contributed by atoms with Gasteiger partial charge in [0.25, 0.3) is 0 Å². The van der Waals surface area contributed by atoms with Crippen molar-refractivity contribution in [3.05, 3.63) is 49.1 Å². The van der Waals surface area contributed by atoms with Crippen LogP contribution in [-0.2, 0) is 0 Å². The van der Waals surface area contributed by atoms with Crippen molar-refractivity contribution in [2.45, 2.75) is 0 Å². The Morgan fingerprint density at radius 1 is 0.800 bits per heavy atom. The summed E-state index contributed by atoms with van der Waals surface area (Å²) in [6.07, 6.45) is 6.73. The Labute approximate surface area is 100 Å². The molecular formula is C10H10Cl2N2O. The molecule has 0 spiro atoms. The Morgan fingerprint density at radius 3 is 1.60 bits per heavy atom. The molecule has 0 N–H and O–H groups in total. The molecule has 2 aromatic heterocycles. The normalized spacial score (nSPS) is 8.27. The Hall–Kier alpha value is -1.32. The summed E-state index contributed by atoms with van der Waals surface area (Å²) < 4.78 is 5.45. The zero-order valence-corrected chi connectivity index (χ0v) is 9.37. The van der Waals surface area contributed by atoms with Crippen molar-refractivity contribution in [2.75, 3.05) is 0 Å². The van der Waals surface area contributed by atoms with E-state index >= 15 is 0 Å². The molecular weight excluding hydrogens is 235 g/mol. The fraction of sp³-hybridized carbons (Fsp3) is 0. The third kappa shape index (κ3) is 4.14. The van der Waals surface area contributed by atoms with Crippen molar-refractivity contribution in [1.82, 2.24) is 9.97 Å². The lowest BCUT2D eigenvalue weighted by molar-refractivity contribution is 0.478. The summed E-state index contributed by atoms with van der Waals surface area (Å²) in [6, 6.07) is 7.34. The number of hydrogen-bond acceptors (Lipinski definition) is 3. The van der Waals surface area contributed by atoms with Crippen LogP contribution in [0.25, 0.3) is 0 Å².